The number of esters is 1. The monoisotopic (exact) mass is 263 g/mol. The summed E-state index contributed by atoms with van der Waals surface area (Å²) in [6.45, 7) is 2.83. The summed E-state index contributed by atoms with van der Waals surface area (Å²) in [6, 6.07) is 0. The maximum atomic E-state index is 11.4. The van der Waals surface area contributed by atoms with E-state index in [0.717, 1.165) is 13.0 Å². The van der Waals surface area contributed by atoms with Crippen LogP contribution < -0.4 is 5.32 Å². The van der Waals surface area contributed by atoms with E-state index in [0.29, 0.717) is 12.8 Å². The maximum absolute atomic E-state index is 11.4. The lowest BCUT2D eigenvalue weighted by Gasteiger charge is -2.37. The predicted octanol–water partition coefficient (Wildman–Crippen LogP) is 0.496. The molecule has 1 fully saturated rings. The topological polar surface area (TPSA) is 72.5 Å². The molecule has 1 heterocycles. The van der Waals surface area contributed by atoms with Gasteiger partial charge in [-0.05, 0) is 25.8 Å². The first-order valence-corrected chi connectivity index (χ1v) is 7.77. The number of hydrogen-bond donors (Lipinski definition) is 1. The number of carbonyl (C=O) groups is 1. The Hall–Kier alpha value is -0.620. The summed E-state index contributed by atoms with van der Waals surface area (Å²) in [5.41, 5.74) is -0.394. The summed E-state index contributed by atoms with van der Waals surface area (Å²) in [6.07, 6.45) is 2.18. The van der Waals surface area contributed by atoms with Gasteiger partial charge in [-0.15, -0.1) is 0 Å². The third-order valence-electron chi connectivity index (χ3n) is 3.24. The van der Waals surface area contributed by atoms with Gasteiger partial charge in [0.15, 0.2) is 0 Å². The Labute approximate surface area is 103 Å². The van der Waals surface area contributed by atoms with Crippen molar-refractivity contribution in [3.63, 3.8) is 0 Å². The Morgan fingerprint density at radius 3 is 2.41 bits per heavy atom. The third-order valence-corrected chi connectivity index (χ3v) is 4.90. The standard InChI is InChI=1S/C11H21NO4S/c1-3-6-12-11(9-10(13)16-2)4-7-17(14,15)8-5-11/h12H,3-9H2,1-2H3. The van der Waals surface area contributed by atoms with Crippen molar-refractivity contribution in [2.75, 3.05) is 25.2 Å². The first-order valence-electron chi connectivity index (χ1n) is 5.95. The fourth-order valence-corrected chi connectivity index (χ4v) is 3.69. The molecule has 1 aliphatic heterocycles. The molecule has 0 aromatic carbocycles. The Bertz CT molecular complexity index is 350. The van der Waals surface area contributed by atoms with Gasteiger partial charge in [0.1, 0.15) is 9.84 Å². The average Bonchev–Trinajstić information content (AvgIpc) is 2.30. The second-order valence-corrected chi connectivity index (χ2v) is 6.92. The van der Waals surface area contributed by atoms with Crippen LogP contribution in [-0.4, -0.2) is 45.1 Å². The van der Waals surface area contributed by atoms with Crippen LogP contribution in [0.5, 0.6) is 0 Å². The first-order chi connectivity index (χ1) is 7.93. The molecule has 0 atom stereocenters. The second kappa shape index (κ2) is 5.82. The number of nitrogens with one attached hydrogen (secondary N) is 1. The molecule has 0 aliphatic carbocycles. The molecular weight excluding hydrogens is 242 g/mol. The van der Waals surface area contributed by atoms with Gasteiger partial charge in [0.25, 0.3) is 0 Å². The van der Waals surface area contributed by atoms with Crippen LogP contribution in [0.3, 0.4) is 0 Å². The summed E-state index contributed by atoms with van der Waals surface area (Å²) in [5.74, 6) is 0.0226. The lowest BCUT2D eigenvalue weighted by Crippen LogP contribution is -2.52. The molecule has 0 bridgehead atoms. The molecule has 100 valence electrons. The van der Waals surface area contributed by atoms with Gasteiger partial charge in [-0.25, -0.2) is 8.42 Å². The summed E-state index contributed by atoms with van der Waals surface area (Å²) < 4.78 is 27.5. The van der Waals surface area contributed by atoms with Crippen LogP contribution in [0.1, 0.15) is 32.6 Å². The highest BCUT2D eigenvalue weighted by atomic mass is 32.2. The van der Waals surface area contributed by atoms with E-state index in [1.54, 1.807) is 0 Å². The molecule has 0 radical (unpaired) electrons. The van der Waals surface area contributed by atoms with E-state index < -0.39 is 15.4 Å². The molecule has 0 amide bonds. The normalized spacial score (nSPS) is 22.0. The number of carbonyl (C=O) groups excluding carboxylic acids is 1. The van der Waals surface area contributed by atoms with Gasteiger partial charge in [0, 0.05) is 5.54 Å². The van der Waals surface area contributed by atoms with Crippen LogP contribution in [0.2, 0.25) is 0 Å². The van der Waals surface area contributed by atoms with Gasteiger partial charge in [0.05, 0.1) is 25.0 Å². The predicted molar refractivity (Wildman–Crippen MR) is 65.5 cm³/mol. The van der Waals surface area contributed by atoms with Gasteiger partial charge < -0.3 is 10.1 Å². The summed E-state index contributed by atoms with van der Waals surface area (Å²) >= 11 is 0. The zero-order chi connectivity index (χ0) is 12.9. The highest BCUT2D eigenvalue weighted by molar-refractivity contribution is 7.91. The van der Waals surface area contributed by atoms with E-state index in [-0.39, 0.29) is 23.9 Å². The van der Waals surface area contributed by atoms with Crippen molar-refractivity contribution in [1.82, 2.24) is 5.32 Å². The SMILES string of the molecule is CCCNC1(CC(=O)OC)CCS(=O)(=O)CC1. The lowest BCUT2D eigenvalue weighted by atomic mass is 9.88. The van der Waals surface area contributed by atoms with E-state index in [4.69, 9.17) is 0 Å². The molecule has 0 aromatic heterocycles. The smallest absolute Gasteiger partial charge is 0.307 e. The highest BCUT2D eigenvalue weighted by Crippen LogP contribution is 2.27. The molecule has 1 N–H and O–H groups in total. The van der Waals surface area contributed by atoms with Gasteiger partial charge in [-0.2, -0.15) is 0 Å². The molecule has 6 heteroatoms. The Morgan fingerprint density at radius 2 is 1.94 bits per heavy atom. The molecular formula is C11H21NO4S. The van der Waals surface area contributed by atoms with E-state index in [1.165, 1.54) is 7.11 Å². The summed E-state index contributed by atoms with van der Waals surface area (Å²) in [4.78, 5) is 11.4. The number of hydrogen-bond acceptors (Lipinski definition) is 5. The quantitative estimate of drug-likeness (QED) is 0.731. The molecule has 0 saturated carbocycles. The minimum absolute atomic E-state index is 0.153. The zero-order valence-corrected chi connectivity index (χ0v) is 11.3. The van der Waals surface area contributed by atoms with Crippen LogP contribution in [0.4, 0.5) is 0 Å². The fourth-order valence-electron chi connectivity index (χ4n) is 2.08. The number of ether oxygens (including phenoxy) is 1. The van der Waals surface area contributed by atoms with E-state index in [2.05, 4.69) is 10.1 Å². The van der Waals surface area contributed by atoms with Crippen LogP contribution >= 0.6 is 0 Å². The van der Waals surface area contributed by atoms with E-state index in [9.17, 15) is 13.2 Å². The van der Waals surface area contributed by atoms with Crippen molar-refractivity contribution in [2.24, 2.45) is 0 Å². The van der Waals surface area contributed by atoms with Crippen molar-refractivity contribution >= 4 is 15.8 Å². The number of sulfone groups is 1. The van der Waals surface area contributed by atoms with Gasteiger partial charge in [-0.3, -0.25) is 4.79 Å². The molecule has 1 rings (SSSR count). The fraction of sp³-hybridized carbons (Fsp3) is 0.909. The van der Waals surface area contributed by atoms with E-state index in [1.807, 2.05) is 6.92 Å². The average molecular weight is 263 g/mol. The molecule has 0 unspecified atom stereocenters. The van der Waals surface area contributed by atoms with Gasteiger partial charge in [0.2, 0.25) is 0 Å². The van der Waals surface area contributed by atoms with Gasteiger partial charge >= 0.3 is 5.97 Å². The molecule has 0 spiro atoms. The van der Waals surface area contributed by atoms with Crippen molar-refractivity contribution in [2.45, 2.75) is 38.1 Å². The minimum atomic E-state index is -2.91. The summed E-state index contributed by atoms with van der Waals surface area (Å²) in [7, 11) is -1.56. The first kappa shape index (κ1) is 14.4. The van der Waals surface area contributed by atoms with Crippen molar-refractivity contribution in [3.05, 3.63) is 0 Å². The Balaban J connectivity index is 2.70. The summed E-state index contributed by atoms with van der Waals surface area (Å²) in [5, 5.41) is 3.32. The molecule has 5 nitrogen and oxygen atoms in total. The van der Waals surface area contributed by atoms with Crippen molar-refractivity contribution in [3.8, 4) is 0 Å². The van der Waals surface area contributed by atoms with Crippen LogP contribution in [-0.2, 0) is 19.4 Å². The number of rotatable bonds is 5. The largest absolute Gasteiger partial charge is 0.469 e. The zero-order valence-electron chi connectivity index (χ0n) is 10.5. The number of methoxy groups -OCH3 is 1. The lowest BCUT2D eigenvalue weighted by molar-refractivity contribution is -0.142. The highest BCUT2D eigenvalue weighted by Gasteiger charge is 2.38. The molecule has 1 aliphatic rings. The van der Waals surface area contributed by atoms with Crippen LogP contribution in [0, 0.1) is 0 Å². The Morgan fingerprint density at radius 1 is 1.35 bits per heavy atom. The second-order valence-electron chi connectivity index (χ2n) is 4.61. The Kier molecular flexibility index (Phi) is 4.94. The van der Waals surface area contributed by atoms with Crippen molar-refractivity contribution in [1.29, 1.82) is 0 Å². The molecule has 1 saturated heterocycles. The molecule has 17 heavy (non-hydrogen) atoms. The van der Waals surface area contributed by atoms with Crippen LogP contribution in [0.25, 0.3) is 0 Å². The maximum Gasteiger partial charge on any atom is 0.307 e. The van der Waals surface area contributed by atoms with Crippen LogP contribution in [0.15, 0.2) is 0 Å². The minimum Gasteiger partial charge on any atom is -0.469 e. The van der Waals surface area contributed by atoms with Gasteiger partial charge in [-0.1, -0.05) is 6.92 Å². The third kappa shape index (κ3) is 4.27. The van der Waals surface area contributed by atoms with Crippen molar-refractivity contribution < 1.29 is 17.9 Å². The molecule has 0 aromatic rings. The van der Waals surface area contributed by atoms with E-state index >= 15 is 0 Å².